The van der Waals surface area contributed by atoms with E-state index in [2.05, 4.69) is 17.6 Å². The molecule has 1 unspecified atom stereocenters. The van der Waals surface area contributed by atoms with E-state index in [-0.39, 0.29) is 6.61 Å². The van der Waals surface area contributed by atoms with Crippen LogP contribution in [0.3, 0.4) is 0 Å². The first kappa shape index (κ1) is 21.6. The van der Waals surface area contributed by atoms with Crippen LogP contribution in [0.15, 0.2) is 29.5 Å². The second kappa shape index (κ2) is 10.6. The number of methoxy groups -OCH3 is 2. The molecule has 2 N–H and O–H groups in total. The number of carbonyl (C=O) groups excluding carboxylic acids is 2. The second-order valence-corrected chi connectivity index (χ2v) is 6.31. The summed E-state index contributed by atoms with van der Waals surface area (Å²) < 4.78 is 21.4. The van der Waals surface area contributed by atoms with Crippen molar-refractivity contribution in [2.45, 2.75) is 32.7 Å². The highest BCUT2D eigenvalue weighted by Crippen LogP contribution is 2.34. The molecule has 1 heterocycles. The minimum atomic E-state index is -0.664. The molecule has 8 heteroatoms. The van der Waals surface area contributed by atoms with E-state index in [9.17, 15) is 9.59 Å². The van der Waals surface area contributed by atoms with Crippen molar-refractivity contribution < 1.29 is 28.5 Å². The number of hydrogen-bond donors (Lipinski definition) is 2. The number of nitrogens with one attached hydrogen (secondary N) is 2. The van der Waals surface area contributed by atoms with Crippen molar-refractivity contribution >= 4 is 12.0 Å². The number of amides is 2. The smallest absolute Gasteiger partial charge is 0.338 e. The van der Waals surface area contributed by atoms with E-state index in [0.29, 0.717) is 41.5 Å². The molecule has 1 aromatic rings. The maximum Gasteiger partial charge on any atom is 0.338 e. The van der Waals surface area contributed by atoms with Gasteiger partial charge in [-0.05, 0) is 31.0 Å². The number of unbranched alkanes of at least 4 members (excludes halogenated alkanes) is 1. The third-order valence-electron chi connectivity index (χ3n) is 4.29. The number of hydrogen-bond acceptors (Lipinski definition) is 6. The van der Waals surface area contributed by atoms with Gasteiger partial charge in [-0.2, -0.15) is 0 Å². The van der Waals surface area contributed by atoms with Crippen LogP contribution in [0.5, 0.6) is 11.5 Å². The molecular formula is C20H28N2O6. The van der Waals surface area contributed by atoms with E-state index in [4.69, 9.17) is 18.9 Å². The van der Waals surface area contributed by atoms with Crippen molar-refractivity contribution in [3.8, 4) is 11.5 Å². The fourth-order valence-corrected chi connectivity index (χ4v) is 2.82. The SMILES string of the molecule is CCCCOc1ccc(C2NC(=O)NC(C)=C2C(=O)OCCOC)cc1OC. The molecule has 0 aromatic heterocycles. The summed E-state index contributed by atoms with van der Waals surface area (Å²) in [6.07, 6.45) is 1.97. The highest BCUT2D eigenvalue weighted by molar-refractivity contribution is 5.95. The molecule has 1 aromatic carbocycles. The van der Waals surface area contributed by atoms with Crippen molar-refractivity contribution in [3.63, 3.8) is 0 Å². The van der Waals surface area contributed by atoms with E-state index in [1.807, 2.05) is 0 Å². The van der Waals surface area contributed by atoms with Crippen LogP contribution in [0.4, 0.5) is 4.79 Å². The average Bonchev–Trinajstić information content (AvgIpc) is 2.67. The molecule has 0 saturated heterocycles. The Labute approximate surface area is 165 Å². The zero-order valence-electron chi connectivity index (χ0n) is 16.8. The van der Waals surface area contributed by atoms with Crippen LogP contribution in [0, 0.1) is 0 Å². The van der Waals surface area contributed by atoms with Gasteiger partial charge in [0.25, 0.3) is 0 Å². The van der Waals surface area contributed by atoms with Crippen molar-refractivity contribution in [2.75, 3.05) is 34.0 Å². The molecule has 2 amide bonds. The number of allylic oxidation sites excluding steroid dienone is 1. The zero-order chi connectivity index (χ0) is 20.5. The van der Waals surface area contributed by atoms with Gasteiger partial charge in [0.05, 0.1) is 31.9 Å². The number of esters is 1. The van der Waals surface area contributed by atoms with Crippen molar-refractivity contribution in [1.82, 2.24) is 10.6 Å². The Morgan fingerprint density at radius 3 is 2.61 bits per heavy atom. The van der Waals surface area contributed by atoms with Crippen LogP contribution in [0.2, 0.25) is 0 Å². The monoisotopic (exact) mass is 392 g/mol. The highest BCUT2D eigenvalue weighted by atomic mass is 16.6. The number of carbonyl (C=O) groups is 2. The van der Waals surface area contributed by atoms with Crippen molar-refractivity contribution in [1.29, 1.82) is 0 Å². The molecule has 0 saturated carbocycles. The summed E-state index contributed by atoms with van der Waals surface area (Å²) in [6.45, 7) is 4.76. The molecule has 2 rings (SSSR count). The molecule has 1 aliphatic heterocycles. The van der Waals surface area contributed by atoms with Gasteiger partial charge in [-0.1, -0.05) is 19.4 Å². The van der Waals surface area contributed by atoms with Crippen LogP contribution in [-0.4, -0.2) is 46.0 Å². The zero-order valence-corrected chi connectivity index (χ0v) is 16.8. The Morgan fingerprint density at radius 2 is 1.93 bits per heavy atom. The number of urea groups is 1. The van der Waals surface area contributed by atoms with Gasteiger partial charge in [-0.25, -0.2) is 9.59 Å². The second-order valence-electron chi connectivity index (χ2n) is 6.31. The number of benzene rings is 1. The van der Waals surface area contributed by atoms with Crippen molar-refractivity contribution in [3.05, 3.63) is 35.0 Å². The third-order valence-corrected chi connectivity index (χ3v) is 4.29. The van der Waals surface area contributed by atoms with Crippen LogP contribution < -0.4 is 20.1 Å². The molecule has 28 heavy (non-hydrogen) atoms. The third kappa shape index (κ3) is 5.39. The van der Waals surface area contributed by atoms with Crippen molar-refractivity contribution in [2.24, 2.45) is 0 Å². The van der Waals surface area contributed by atoms with Gasteiger partial charge in [0.15, 0.2) is 11.5 Å². The van der Waals surface area contributed by atoms with E-state index >= 15 is 0 Å². The first-order chi connectivity index (χ1) is 13.5. The summed E-state index contributed by atoms with van der Waals surface area (Å²) in [4.78, 5) is 24.6. The van der Waals surface area contributed by atoms with Crippen LogP contribution in [0.1, 0.15) is 38.3 Å². The quantitative estimate of drug-likeness (QED) is 0.470. The fourth-order valence-electron chi connectivity index (χ4n) is 2.82. The van der Waals surface area contributed by atoms with Gasteiger partial charge in [0.1, 0.15) is 6.61 Å². The Kier molecular flexibility index (Phi) is 8.13. The molecule has 0 aliphatic carbocycles. The fraction of sp³-hybridized carbons (Fsp3) is 0.500. The number of rotatable bonds is 10. The Bertz CT molecular complexity index is 731. The Hall–Kier alpha value is -2.74. The van der Waals surface area contributed by atoms with Gasteiger partial charge >= 0.3 is 12.0 Å². The van der Waals surface area contributed by atoms with E-state index in [1.54, 1.807) is 32.2 Å². The van der Waals surface area contributed by atoms with Gasteiger partial charge < -0.3 is 29.6 Å². The lowest BCUT2D eigenvalue weighted by atomic mass is 9.95. The summed E-state index contributed by atoms with van der Waals surface area (Å²) in [6, 6.07) is 4.28. The maximum absolute atomic E-state index is 12.6. The van der Waals surface area contributed by atoms with Gasteiger partial charge in [0.2, 0.25) is 0 Å². The largest absolute Gasteiger partial charge is 0.493 e. The summed E-state index contributed by atoms with van der Waals surface area (Å²) in [5.74, 6) is 0.630. The van der Waals surface area contributed by atoms with Gasteiger partial charge in [0, 0.05) is 12.8 Å². The molecule has 0 radical (unpaired) electrons. The normalized spacial score (nSPS) is 16.3. The van der Waals surface area contributed by atoms with E-state index in [0.717, 1.165) is 12.8 Å². The lowest BCUT2D eigenvalue weighted by Crippen LogP contribution is -2.45. The summed E-state index contributed by atoms with van der Waals surface area (Å²) in [7, 11) is 3.08. The molecule has 1 aliphatic rings. The molecule has 1 atom stereocenters. The summed E-state index contributed by atoms with van der Waals surface area (Å²) >= 11 is 0. The topological polar surface area (TPSA) is 95.1 Å². The predicted octanol–water partition coefficient (Wildman–Crippen LogP) is 2.69. The molecule has 8 nitrogen and oxygen atoms in total. The molecular weight excluding hydrogens is 364 g/mol. The molecule has 154 valence electrons. The molecule has 0 fully saturated rings. The summed E-state index contributed by atoms with van der Waals surface area (Å²) in [5, 5.41) is 5.39. The minimum Gasteiger partial charge on any atom is -0.493 e. The first-order valence-electron chi connectivity index (χ1n) is 9.26. The van der Waals surface area contributed by atoms with Crippen LogP contribution >= 0.6 is 0 Å². The minimum absolute atomic E-state index is 0.125. The molecule has 0 spiro atoms. The maximum atomic E-state index is 12.6. The van der Waals surface area contributed by atoms with E-state index < -0.39 is 18.0 Å². The Morgan fingerprint density at radius 1 is 1.14 bits per heavy atom. The lowest BCUT2D eigenvalue weighted by molar-refractivity contribution is -0.140. The first-order valence-corrected chi connectivity index (χ1v) is 9.26. The molecule has 0 bridgehead atoms. The standard InChI is InChI=1S/C20H28N2O6/c1-5-6-9-27-15-8-7-14(12-16(15)26-4)18-17(13(2)21-20(24)22-18)19(23)28-11-10-25-3/h7-8,12,18H,5-6,9-11H2,1-4H3,(H2,21,22,24). The van der Waals surface area contributed by atoms with Crippen LogP contribution in [-0.2, 0) is 14.3 Å². The van der Waals surface area contributed by atoms with Gasteiger partial charge in [-0.3, -0.25) is 0 Å². The predicted molar refractivity (Wildman–Crippen MR) is 103 cm³/mol. The number of ether oxygens (including phenoxy) is 4. The van der Waals surface area contributed by atoms with Crippen LogP contribution in [0.25, 0.3) is 0 Å². The lowest BCUT2D eigenvalue weighted by Gasteiger charge is -2.28. The van der Waals surface area contributed by atoms with E-state index in [1.165, 1.54) is 7.11 Å². The van der Waals surface area contributed by atoms with Gasteiger partial charge in [-0.15, -0.1) is 0 Å². The highest BCUT2D eigenvalue weighted by Gasteiger charge is 2.32. The average molecular weight is 392 g/mol. The summed E-state index contributed by atoms with van der Waals surface area (Å²) in [5.41, 5.74) is 1.46. The Balaban J connectivity index is 2.30.